The van der Waals surface area contributed by atoms with Gasteiger partial charge in [-0.3, -0.25) is 14.4 Å². The molecule has 0 spiro atoms. The van der Waals surface area contributed by atoms with E-state index in [1.807, 2.05) is 54.5 Å². The summed E-state index contributed by atoms with van der Waals surface area (Å²) in [4.78, 5) is 55.9. The summed E-state index contributed by atoms with van der Waals surface area (Å²) >= 11 is 0. The van der Waals surface area contributed by atoms with E-state index < -0.39 is 41.0 Å². The van der Waals surface area contributed by atoms with Crippen LogP contribution in [-0.4, -0.2) is 83.4 Å². The summed E-state index contributed by atoms with van der Waals surface area (Å²) < 4.78 is 0. The van der Waals surface area contributed by atoms with Crippen LogP contribution in [0.15, 0.2) is 29.8 Å². The fourth-order valence-corrected chi connectivity index (χ4v) is 5.93. The van der Waals surface area contributed by atoms with E-state index in [4.69, 9.17) is 0 Å². The minimum Gasteiger partial charge on any atom is -0.480 e. The zero-order valence-electron chi connectivity index (χ0n) is 28.3. The van der Waals surface area contributed by atoms with Crippen molar-refractivity contribution >= 4 is 23.7 Å². The zero-order chi connectivity index (χ0) is 33.0. The van der Waals surface area contributed by atoms with Crippen molar-refractivity contribution in [1.29, 1.82) is 0 Å². The van der Waals surface area contributed by atoms with E-state index in [0.717, 1.165) is 11.1 Å². The molecule has 1 fully saturated rings. The van der Waals surface area contributed by atoms with Crippen molar-refractivity contribution in [3.63, 3.8) is 0 Å². The molecule has 9 heteroatoms. The minimum absolute atomic E-state index is 0.0457. The standard InChI is InChI=1S/C34H54N4O5/c1-20(2)26(19-23(5)30(40)38-17-13-14-25(38)32(42)43)37(12)31(41)28(33(6,7)8)36-29(39)27(35-11)34(9,10)24-16-15-21(3)22(4)18-24/h15-16,18-20,25-28,35H,13-14,17H2,1-12H3,(H,36,39)(H,42,43)/t25-,26+,27+,28+/m0/s1. The molecule has 0 saturated carbocycles. The first-order valence-corrected chi connectivity index (χ1v) is 15.3. The third kappa shape index (κ3) is 8.25. The summed E-state index contributed by atoms with van der Waals surface area (Å²) in [7, 11) is 3.44. The Bertz CT molecular complexity index is 1230. The lowest BCUT2D eigenvalue weighted by atomic mass is 9.76. The molecule has 240 valence electrons. The number of carboxylic acid groups (broad SMARTS) is 1. The summed E-state index contributed by atoms with van der Waals surface area (Å²) in [6, 6.07) is 3.49. The molecule has 1 aliphatic heterocycles. The van der Waals surface area contributed by atoms with Crippen molar-refractivity contribution in [2.24, 2.45) is 11.3 Å². The first-order valence-electron chi connectivity index (χ1n) is 15.3. The lowest BCUT2D eigenvalue weighted by Crippen LogP contribution is -2.61. The number of amides is 3. The average Bonchev–Trinajstić information content (AvgIpc) is 3.40. The number of carboxylic acids is 1. The van der Waals surface area contributed by atoms with E-state index in [0.29, 0.717) is 25.0 Å². The van der Waals surface area contributed by atoms with Gasteiger partial charge in [-0.2, -0.15) is 0 Å². The monoisotopic (exact) mass is 598 g/mol. The number of hydrogen-bond donors (Lipinski definition) is 3. The normalized spacial score (nSPS) is 18.3. The fraction of sp³-hybridized carbons (Fsp3) is 0.647. The Morgan fingerprint density at radius 3 is 2.14 bits per heavy atom. The van der Waals surface area contributed by atoms with Crippen molar-refractivity contribution in [1.82, 2.24) is 20.4 Å². The van der Waals surface area contributed by atoms with Gasteiger partial charge in [0, 0.05) is 24.6 Å². The van der Waals surface area contributed by atoms with Gasteiger partial charge in [0.1, 0.15) is 12.1 Å². The summed E-state index contributed by atoms with van der Waals surface area (Å²) in [5.74, 6) is -1.92. The number of nitrogens with zero attached hydrogens (tertiary/aromatic N) is 2. The van der Waals surface area contributed by atoms with Crippen LogP contribution in [0.5, 0.6) is 0 Å². The fourth-order valence-electron chi connectivity index (χ4n) is 5.93. The Labute approximate surface area is 258 Å². The summed E-state index contributed by atoms with van der Waals surface area (Å²) in [5, 5.41) is 15.8. The highest BCUT2D eigenvalue weighted by molar-refractivity contribution is 5.96. The number of carbonyl (C=O) groups excluding carboxylic acids is 3. The molecule has 1 saturated heterocycles. The van der Waals surface area contributed by atoms with Crippen LogP contribution in [0.3, 0.4) is 0 Å². The van der Waals surface area contributed by atoms with Gasteiger partial charge >= 0.3 is 5.97 Å². The Balaban J connectivity index is 2.36. The number of likely N-dealkylation sites (N-methyl/N-ethyl adjacent to an activating group) is 2. The van der Waals surface area contributed by atoms with Crippen LogP contribution in [0.4, 0.5) is 0 Å². The molecule has 4 atom stereocenters. The van der Waals surface area contributed by atoms with E-state index >= 15 is 0 Å². The molecule has 1 aromatic carbocycles. The van der Waals surface area contributed by atoms with Crippen LogP contribution in [0.25, 0.3) is 0 Å². The van der Waals surface area contributed by atoms with Gasteiger partial charge in [0.2, 0.25) is 17.7 Å². The highest BCUT2D eigenvalue weighted by atomic mass is 16.4. The first kappa shape index (κ1) is 36.0. The second-order valence-electron chi connectivity index (χ2n) is 14.1. The number of aliphatic carboxylic acids is 1. The lowest BCUT2D eigenvalue weighted by Gasteiger charge is -2.40. The summed E-state index contributed by atoms with van der Waals surface area (Å²) in [6.07, 6.45) is 2.83. The van der Waals surface area contributed by atoms with Gasteiger partial charge in [-0.1, -0.05) is 72.7 Å². The average molecular weight is 599 g/mol. The molecule has 3 N–H and O–H groups in total. The van der Waals surface area contributed by atoms with Crippen molar-refractivity contribution in [3.8, 4) is 0 Å². The van der Waals surface area contributed by atoms with Gasteiger partial charge in [-0.05, 0) is 68.7 Å². The predicted octanol–water partition coefficient (Wildman–Crippen LogP) is 4.20. The molecule has 0 radical (unpaired) electrons. The van der Waals surface area contributed by atoms with Gasteiger partial charge in [-0.25, -0.2) is 4.79 Å². The van der Waals surface area contributed by atoms with Crippen molar-refractivity contribution in [2.75, 3.05) is 20.6 Å². The van der Waals surface area contributed by atoms with Crippen molar-refractivity contribution < 1.29 is 24.3 Å². The zero-order valence-corrected chi connectivity index (χ0v) is 28.3. The quantitative estimate of drug-likeness (QED) is 0.329. The van der Waals surface area contributed by atoms with E-state index in [1.54, 1.807) is 32.0 Å². The number of likely N-dealkylation sites (tertiary alicyclic amines) is 1. The van der Waals surface area contributed by atoms with Crippen LogP contribution in [-0.2, 0) is 24.6 Å². The molecule has 9 nitrogen and oxygen atoms in total. The van der Waals surface area contributed by atoms with Crippen LogP contribution in [0, 0.1) is 25.2 Å². The van der Waals surface area contributed by atoms with Crippen LogP contribution < -0.4 is 10.6 Å². The van der Waals surface area contributed by atoms with Gasteiger partial charge in [-0.15, -0.1) is 0 Å². The number of benzene rings is 1. The SMILES string of the molecule is CN[C@H](C(=O)N[C@H](C(=O)N(C)[C@H](C=C(C)C(=O)N1CCC[C@H]1C(=O)O)C(C)C)C(C)(C)C)C(C)(C)c1ccc(C)c(C)c1. The smallest absolute Gasteiger partial charge is 0.326 e. The molecule has 0 unspecified atom stereocenters. The van der Waals surface area contributed by atoms with Gasteiger partial charge in [0.05, 0.1) is 12.1 Å². The number of hydrogen-bond acceptors (Lipinski definition) is 5. The van der Waals surface area contributed by atoms with Crippen molar-refractivity contribution in [2.45, 2.75) is 112 Å². The highest BCUT2D eigenvalue weighted by Crippen LogP contribution is 2.30. The molecular weight excluding hydrogens is 544 g/mol. The highest BCUT2D eigenvalue weighted by Gasteiger charge is 2.42. The Morgan fingerprint density at radius 1 is 1.05 bits per heavy atom. The molecule has 3 amide bonds. The number of aryl methyl sites for hydroxylation is 2. The van der Waals surface area contributed by atoms with Gasteiger partial charge in [0.15, 0.2) is 0 Å². The van der Waals surface area contributed by atoms with Gasteiger partial charge in [0.25, 0.3) is 0 Å². The van der Waals surface area contributed by atoms with Gasteiger partial charge < -0.3 is 25.5 Å². The summed E-state index contributed by atoms with van der Waals surface area (Å²) in [6.45, 7) is 19.9. The molecule has 1 aliphatic rings. The van der Waals surface area contributed by atoms with Crippen LogP contribution in [0.2, 0.25) is 0 Å². The number of rotatable bonds is 11. The second-order valence-corrected chi connectivity index (χ2v) is 14.1. The minimum atomic E-state index is -1.00. The molecule has 0 aromatic heterocycles. The third-order valence-corrected chi connectivity index (χ3v) is 8.96. The van der Waals surface area contributed by atoms with E-state index in [1.165, 1.54) is 10.5 Å². The van der Waals surface area contributed by atoms with E-state index in [2.05, 4.69) is 36.6 Å². The molecule has 2 rings (SSSR count). The Morgan fingerprint density at radius 2 is 1.65 bits per heavy atom. The number of carbonyl (C=O) groups is 4. The Hall–Kier alpha value is -3.20. The topological polar surface area (TPSA) is 119 Å². The maximum Gasteiger partial charge on any atom is 0.326 e. The summed E-state index contributed by atoms with van der Waals surface area (Å²) in [5.41, 5.74) is 2.57. The van der Waals surface area contributed by atoms with Crippen LogP contribution >= 0.6 is 0 Å². The van der Waals surface area contributed by atoms with Crippen molar-refractivity contribution in [3.05, 3.63) is 46.5 Å². The maximum atomic E-state index is 14.1. The second kappa shape index (κ2) is 14.1. The Kier molecular flexibility index (Phi) is 11.8. The molecule has 43 heavy (non-hydrogen) atoms. The first-order chi connectivity index (χ1) is 19.7. The number of nitrogens with one attached hydrogen (secondary N) is 2. The molecular formula is C34H54N4O5. The third-order valence-electron chi connectivity index (χ3n) is 8.96. The largest absolute Gasteiger partial charge is 0.480 e. The van der Waals surface area contributed by atoms with E-state index in [9.17, 15) is 24.3 Å². The molecule has 1 aromatic rings. The molecule has 0 aliphatic carbocycles. The molecule has 1 heterocycles. The predicted molar refractivity (Wildman–Crippen MR) is 171 cm³/mol. The van der Waals surface area contributed by atoms with E-state index in [-0.39, 0.29) is 23.6 Å². The van der Waals surface area contributed by atoms with Crippen LogP contribution in [0.1, 0.15) is 84.9 Å². The molecule has 0 bridgehead atoms. The lowest BCUT2D eigenvalue weighted by molar-refractivity contribution is -0.146. The maximum absolute atomic E-state index is 14.1.